The second-order valence-electron chi connectivity index (χ2n) is 5.73. The normalized spacial score (nSPS) is 22.3. The molecule has 0 saturated carbocycles. The van der Waals surface area contributed by atoms with Gasteiger partial charge in [0.05, 0.1) is 5.92 Å². The highest BCUT2D eigenvalue weighted by Crippen LogP contribution is 2.26. The number of carboxylic acids is 1. The van der Waals surface area contributed by atoms with Crippen molar-refractivity contribution in [3.8, 4) is 0 Å². The second-order valence-corrected chi connectivity index (χ2v) is 5.73. The molecule has 5 nitrogen and oxygen atoms in total. The van der Waals surface area contributed by atoms with Crippen molar-refractivity contribution in [3.05, 3.63) is 23.2 Å². The maximum Gasteiger partial charge on any atom is 0.306 e. The van der Waals surface area contributed by atoms with E-state index in [2.05, 4.69) is 0 Å². The Morgan fingerprint density at radius 1 is 1.38 bits per heavy atom. The van der Waals surface area contributed by atoms with Crippen molar-refractivity contribution < 1.29 is 19.1 Å². The van der Waals surface area contributed by atoms with E-state index in [-0.39, 0.29) is 17.7 Å². The van der Waals surface area contributed by atoms with Gasteiger partial charge in [0.25, 0.3) is 5.91 Å². The van der Waals surface area contributed by atoms with E-state index in [4.69, 9.17) is 9.52 Å². The van der Waals surface area contributed by atoms with Crippen LogP contribution in [0.4, 0.5) is 0 Å². The van der Waals surface area contributed by atoms with Crippen LogP contribution >= 0.6 is 0 Å². The Morgan fingerprint density at radius 2 is 2.10 bits per heavy atom. The van der Waals surface area contributed by atoms with Crippen molar-refractivity contribution in [2.45, 2.75) is 40.0 Å². The fourth-order valence-electron chi connectivity index (χ4n) is 3.02. The highest BCUT2D eigenvalue weighted by Gasteiger charge is 2.34. The third-order valence-electron chi connectivity index (χ3n) is 4.32. The van der Waals surface area contributed by atoms with Gasteiger partial charge in [-0.1, -0.05) is 20.8 Å². The third kappa shape index (κ3) is 3.12. The summed E-state index contributed by atoms with van der Waals surface area (Å²) in [7, 11) is 0. The van der Waals surface area contributed by atoms with E-state index in [1.165, 1.54) is 0 Å². The summed E-state index contributed by atoms with van der Waals surface area (Å²) in [4.78, 5) is 25.3. The smallest absolute Gasteiger partial charge is 0.306 e. The van der Waals surface area contributed by atoms with E-state index in [0.717, 1.165) is 24.2 Å². The Kier molecular flexibility index (Phi) is 4.70. The van der Waals surface area contributed by atoms with Gasteiger partial charge in [0, 0.05) is 19.5 Å². The maximum absolute atomic E-state index is 12.5. The van der Waals surface area contributed by atoms with E-state index in [9.17, 15) is 9.59 Å². The average molecular weight is 293 g/mol. The van der Waals surface area contributed by atoms with E-state index < -0.39 is 5.97 Å². The summed E-state index contributed by atoms with van der Waals surface area (Å²) in [5, 5.41) is 9.13. The van der Waals surface area contributed by atoms with Gasteiger partial charge in [0.2, 0.25) is 0 Å². The molecule has 1 aliphatic heterocycles. The van der Waals surface area contributed by atoms with Crippen LogP contribution in [0.1, 0.15) is 49.1 Å². The molecule has 116 valence electrons. The number of rotatable bonds is 4. The summed E-state index contributed by atoms with van der Waals surface area (Å²) in [5.74, 6) is -0.0391. The van der Waals surface area contributed by atoms with Crippen molar-refractivity contribution in [1.82, 2.24) is 4.90 Å². The van der Waals surface area contributed by atoms with Crippen molar-refractivity contribution in [3.63, 3.8) is 0 Å². The van der Waals surface area contributed by atoms with Crippen molar-refractivity contribution in [1.29, 1.82) is 0 Å². The molecular weight excluding hydrogens is 270 g/mol. The zero-order valence-corrected chi connectivity index (χ0v) is 12.9. The first kappa shape index (κ1) is 15.6. The predicted molar refractivity (Wildman–Crippen MR) is 78.3 cm³/mol. The molecule has 0 radical (unpaired) electrons. The zero-order valence-electron chi connectivity index (χ0n) is 12.9. The van der Waals surface area contributed by atoms with Crippen LogP contribution in [-0.4, -0.2) is 35.0 Å². The van der Waals surface area contributed by atoms with Crippen molar-refractivity contribution >= 4 is 11.9 Å². The number of aliphatic carboxylic acids is 1. The SMILES string of the molecule is CCc1cc(C(=O)N2CCC(C(=O)O)C(C)C2)oc1CC. The summed E-state index contributed by atoms with van der Waals surface area (Å²) < 4.78 is 5.67. The number of hydrogen-bond acceptors (Lipinski definition) is 3. The molecule has 1 aromatic rings. The van der Waals surface area contributed by atoms with E-state index in [0.29, 0.717) is 25.3 Å². The minimum Gasteiger partial charge on any atom is -0.481 e. The van der Waals surface area contributed by atoms with Crippen LogP contribution in [0.3, 0.4) is 0 Å². The minimum atomic E-state index is -0.769. The molecule has 0 spiro atoms. The number of aryl methyl sites for hydroxylation is 2. The Bertz CT molecular complexity index is 513. The van der Waals surface area contributed by atoms with Crippen molar-refractivity contribution in [2.24, 2.45) is 11.8 Å². The molecule has 0 aliphatic carbocycles. The third-order valence-corrected chi connectivity index (χ3v) is 4.32. The molecule has 5 heteroatoms. The summed E-state index contributed by atoms with van der Waals surface area (Å²) in [6, 6.07) is 1.83. The van der Waals surface area contributed by atoms with E-state index in [1.54, 1.807) is 4.90 Å². The Morgan fingerprint density at radius 3 is 2.57 bits per heavy atom. The van der Waals surface area contributed by atoms with Crippen LogP contribution < -0.4 is 0 Å². The summed E-state index contributed by atoms with van der Waals surface area (Å²) in [5.41, 5.74) is 1.08. The Balaban J connectivity index is 2.11. The fourth-order valence-corrected chi connectivity index (χ4v) is 3.02. The lowest BCUT2D eigenvalue weighted by molar-refractivity contribution is -0.145. The lowest BCUT2D eigenvalue weighted by Crippen LogP contribution is -2.44. The molecule has 1 N–H and O–H groups in total. The number of furan rings is 1. The first-order valence-corrected chi connectivity index (χ1v) is 7.61. The van der Waals surface area contributed by atoms with Gasteiger partial charge in [-0.15, -0.1) is 0 Å². The van der Waals surface area contributed by atoms with Crippen LogP contribution in [-0.2, 0) is 17.6 Å². The molecule has 1 saturated heterocycles. The van der Waals surface area contributed by atoms with Crippen LogP contribution in [0.2, 0.25) is 0 Å². The Labute approximate surface area is 124 Å². The number of carboxylic acid groups (broad SMARTS) is 1. The van der Waals surface area contributed by atoms with Gasteiger partial charge in [-0.05, 0) is 30.4 Å². The summed E-state index contributed by atoms with van der Waals surface area (Å²) in [6.45, 7) is 6.88. The molecule has 1 aliphatic rings. The van der Waals surface area contributed by atoms with Gasteiger partial charge in [-0.25, -0.2) is 0 Å². The standard InChI is InChI=1S/C16H23NO4/c1-4-11-8-14(21-13(11)5-2)15(18)17-7-6-12(16(19)20)10(3)9-17/h8,10,12H,4-7,9H2,1-3H3,(H,19,20). The van der Waals surface area contributed by atoms with E-state index in [1.807, 2.05) is 26.8 Å². The first-order valence-electron chi connectivity index (χ1n) is 7.61. The predicted octanol–water partition coefficient (Wildman–Crippen LogP) is 2.59. The number of nitrogens with zero attached hydrogens (tertiary/aromatic N) is 1. The van der Waals surface area contributed by atoms with E-state index >= 15 is 0 Å². The molecule has 21 heavy (non-hydrogen) atoms. The lowest BCUT2D eigenvalue weighted by atomic mass is 9.87. The second kappa shape index (κ2) is 6.33. The minimum absolute atomic E-state index is 0.0357. The van der Waals surface area contributed by atoms with Gasteiger partial charge < -0.3 is 14.4 Å². The van der Waals surface area contributed by atoms with Gasteiger partial charge >= 0.3 is 5.97 Å². The lowest BCUT2D eigenvalue weighted by Gasteiger charge is -2.34. The quantitative estimate of drug-likeness (QED) is 0.926. The van der Waals surface area contributed by atoms with Crippen LogP contribution in [0.15, 0.2) is 10.5 Å². The fraction of sp³-hybridized carbons (Fsp3) is 0.625. The van der Waals surface area contributed by atoms with Crippen LogP contribution in [0.5, 0.6) is 0 Å². The molecule has 2 heterocycles. The maximum atomic E-state index is 12.5. The zero-order chi connectivity index (χ0) is 15.6. The molecule has 0 bridgehead atoms. The number of carbonyl (C=O) groups excluding carboxylic acids is 1. The molecular formula is C16H23NO4. The number of amides is 1. The molecule has 2 unspecified atom stereocenters. The number of carbonyl (C=O) groups is 2. The topological polar surface area (TPSA) is 70.8 Å². The summed E-state index contributed by atoms with van der Waals surface area (Å²) in [6.07, 6.45) is 2.12. The van der Waals surface area contributed by atoms with Crippen molar-refractivity contribution in [2.75, 3.05) is 13.1 Å². The van der Waals surface area contributed by atoms with Gasteiger partial charge in [-0.2, -0.15) is 0 Å². The molecule has 2 rings (SSSR count). The highest BCUT2D eigenvalue weighted by atomic mass is 16.4. The summed E-state index contributed by atoms with van der Waals surface area (Å²) >= 11 is 0. The van der Waals surface area contributed by atoms with Gasteiger partial charge in [0.1, 0.15) is 5.76 Å². The van der Waals surface area contributed by atoms with Gasteiger partial charge in [0.15, 0.2) is 5.76 Å². The molecule has 2 atom stereocenters. The Hall–Kier alpha value is -1.78. The largest absolute Gasteiger partial charge is 0.481 e. The van der Waals surface area contributed by atoms with Crippen LogP contribution in [0, 0.1) is 11.8 Å². The molecule has 0 aromatic carbocycles. The number of likely N-dealkylation sites (tertiary alicyclic amines) is 1. The highest BCUT2D eigenvalue weighted by molar-refractivity contribution is 5.92. The molecule has 1 aromatic heterocycles. The first-order chi connectivity index (χ1) is 9.97. The average Bonchev–Trinajstić information content (AvgIpc) is 2.89. The molecule has 1 fully saturated rings. The molecule has 1 amide bonds. The number of hydrogen-bond donors (Lipinski definition) is 1. The van der Waals surface area contributed by atoms with Gasteiger partial charge in [-0.3, -0.25) is 9.59 Å². The number of piperidine rings is 1. The van der Waals surface area contributed by atoms with Crippen LogP contribution in [0.25, 0.3) is 0 Å². The monoisotopic (exact) mass is 293 g/mol.